The van der Waals surface area contributed by atoms with E-state index in [2.05, 4.69) is 10.2 Å². The van der Waals surface area contributed by atoms with Gasteiger partial charge in [0.15, 0.2) is 0 Å². The molecule has 0 radical (unpaired) electrons. The second kappa shape index (κ2) is 10.6. The first-order valence-electron chi connectivity index (χ1n) is 11.4. The molecule has 176 valence electrons. The molecule has 1 fully saturated rings. The van der Waals surface area contributed by atoms with Crippen LogP contribution in [-0.4, -0.2) is 49.0 Å². The summed E-state index contributed by atoms with van der Waals surface area (Å²) in [6, 6.07) is 21.9. The van der Waals surface area contributed by atoms with Gasteiger partial charge in [0.25, 0.3) is 11.8 Å². The predicted octanol–water partition coefficient (Wildman–Crippen LogP) is 5.34. The van der Waals surface area contributed by atoms with Crippen LogP contribution in [0.1, 0.15) is 34.6 Å². The molecule has 1 aliphatic rings. The highest BCUT2D eigenvalue weighted by Crippen LogP contribution is 2.22. The van der Waals surface area contributed by atoms with Crippen LogP contribution in [0.2, 0.25) is 5.02 Å². The van der Waals surface area contributed by atoms with Crippen molar-refractivity contribution in [1.82, 2.24) is 4.90 Å². The summed E-state index contributed by atoms with van der Waals surface area (Å²) in [5.74, 6) is 0.599. The van der Waals surface area contributed by atoms with E-state index in [1.165, 1.54) is 0 Å². The first kappa shape index (κ1) is 23.6. The monoisotopic (exact) mass is 477 g/mol. The van der Waals surface area contributed by atoms with Gasteiger partial charge in [-0.2, -0.15) is 0 Å². The number of nitrogens with one attached hydrogen (secondary N) is 1. The van der Waals surface area contributed by atoms with E-state index in [9.17, 15) is 9.59 Å². The van der Waals surface area contributed by atoms with Crippen molar-refractivity contribution in [2.75, 3.05) is 36.4 Å². The topological polar surface area (TPSA) is 61.9 Å². The lowest BCUT2D eigenvalue weighted by Crippen LogP contribution is -2.48. The molecule has 0 saturated carbocycles. The standard InChI is InChI=1S/C27H28ClN3O3/c1-19(2)34-25-13-5-20(6-14-25)26(32)29-23-9-11-24(12-10-23)30-15-17-31(18-16-30)27(33)21-3-7-22(28)8-4-21/h3-14,19H,15-18H2,1-2H3,(H,29,32). The summed E-state index contributed by atoms with van der Waals surface area (Å²) < 4.78 is 5.62. The number of anilines is 2. The van der Waals surface area contributed by atoms with Crippen molar-refractivity contribution in [2.24, 2.45) is 0 Å². The Kier molecular flexibility index (Phi) is 7.38. The largest absolute Gasteiger partial charge is 0.491 e. The van der Waals surface area contributed by atoms with Crippen LogP contribution >= 0.6 is 11.6 Å². The Morgan fingerprint density at radius 3 is 2.00 bits per heavy atom. The molecule has 0 aromatic heterocycles. The van der Waals surface area contributed by atoms with Crippen molar-refractivity contribution >= 4 is 34.8 Å². The van der Waals surface area contributed by atoms with Gasteiger partial charge in [-0.05, 0) is 86.6 Å². The van der Waals surface area contributed by atoms with Crippen LogP contribution in [0.25, 0.3) is 0 Å². The molecule has 0 aliphatic carbocycles. The molecule has 2 amide bonds. The maximum atomic E-state index is 12.7. The van der Waals surface area contributed by atoms with Gasteiger partial charge < -0.3 is 19.9 Å². The van der Waals surface area contributed by atoms with Crippen LogP contribution in [-0.2, 0) is 0 Å². The molecule has 1 saturated heterocycles. The van der Waals surface area contributed by atoms with Gasteiger partial charge in [-0.25, -0.2) is 0 Å². The number of rotatable bonds is 6. The molecule has 1 aliphatic heterocycles. The SMILES string of the molecule is CC(C)Oc1ccc(C(=O)Nc2ccc(N3CCN(C(=O)c4ccc(Cl)cc4)CC3)cc2)cc1. The second-order valence-electron chi connectivity index (χ2n) is 8.48. The van der Waals surface area contributed by atoms with Crippen molar-refractivity contribution in [3.05, 3.63) is 88.9 Å². The van der Waals surface area contributed by atoms with Crippen LogP contribution < -0.4 is 15.0 Å². The molecule has 4 rings (SSSR count). The van der Waals surface area contributed by atoms with E-state index in [-0.39, 0.29) is 17.9 Å². The zero-order chi connectivity index (χ0) is 24.1. The number of carbonyl (C=O) groups excluding carboxylic acids is 2. The normalized spacial score (nSPS) is 13.6. The molecule has 1 heterocycles. The van der Waals surface area contributed by atoms with Gasteiger partial charge in [-0.3, -0.25) is 9.59 Å². The first-order chi connectivity index (χ1) is 16.4. The molecule has 7 heteroatoms. The molecule has 6 nitrogen and oxygen atoms in total. The first-order valence-corrected chi connectivity index (χ1v) is 11.7. The number of hydrogen-bond acceptors (Lipinski definition) is 4. The predicted molar refractivity (Wildman–Crippen MR) is 136 cm³/mol. The van der Waals surface area contributed by atoms with Crippen LogP contribution in [0.5, 0.6) is 5.75 Å². The summed E-state index contributed by atoms with van der Waals surface area (Å²) in [5, 5.41) is 3.55. The van der Waals surface area contributed by atoms with E-state index in [0.29, 0.717) is 29.2 Å². The van der Waals surface area contributed by atoms with Crippen molar-refractivity contribution in [1.29, 1.82) is 0 Å². The van der Waals surface area contributed by atoms with E-state index in [4.69, 9.17) is 16.3 Å². The summed E-state index contributed by atoms with van der Waals surface area (Å²) in [4.78, 5) is 29.4. The van der Waals surface area contributed by atoms with Gasteiger partial charge in [0.05, 0.1) is 6.10 Å². The molecular formula is C27H28ClN3O3. The molecule has 0 unspecified atom stereocenters. The van der Waals surface area contributed by atoms with Gasteiger partial charge in [0.2, 0.25) is 0 Å². The number of piperazine rings is 1. The van der Waals surface area contributed by atoms with Crippen molar-refractivity contribution in [2.45, 2.75) is 20.0 Å². The minimum atomic E-state index is -0.168. The lowest BCUT2D eigenvalue weighted by molar-refractivity contribution is 0.0746. The Bertz CT molecular complexity index is 1120. The number of amides is 2. The van der Waals surface area contributed by atoms with Crippen LogP contribution in [0.4, 0.5) is 11.4 Å². The Morgan fingerprint density at radius 1 is 0.824 bits per heavy atom. The zero-order valence-electron chi connectivity index (χ0n) is 19.3. The molecular weight excluding hydrogens is 450 g/mol. The molecule has 3 aromatic rings. The number of ether oxygens (including phenoxy) is 1. The third-order valence-corrected chi connectivity index (χ3v) is 5.89. The summed E-state index contributed by atoms with van der Waals surface area (Å²) in [7, 11) is 0. The fraction of sp³-hybridized carbons (Fsp3) is 0.259. The average molecular weight is 478 g/mol. The summed E-state index contributed by atoms with van der Waals surface area (Å²) in [6.07, 6.45) is 0.0881. The van der Waals surface area contributed by atoms with Crippen LogP contribution in [0.15, 0.2) is 72.8 Å². The van der Waals surface area contributed by atoms with Crippen LogP contribution in [0.3, 0.4) is 0 Å². The highest BCUT2D eigenvalue weighted by molar-refractivity contribution is 6.30. The highest BCUT2D eigenvalue weighted by atomic mass is 35.5. The van der Waals surface area contributed by atoms with E-state index >= 15 is 0 Å². The summed E-state index contributed by atoms with van der Waals surface area (Å²) in [6.45, 7) is 6.72. The fourth-order valence-electron chi connectivity index (χ4n) is 3.86. The van der Waals surface area contributed by atoms with E-state index in [1.54, 1.807) is 48.5 Å². The van der Waals surface area contributed by atoms with Gasteiger partial charge in [-0.15, -0.1) is 0 Å². The van der Waals surface area contributed by atoms with Crippen molar-refractivity contribution < 1.29 is 14.3 Å². The third-order valence-electron chi connectivity index (χ3n) is 5.64. The smallest absolute Gasteiger partial charge is 0.255 e. The van der Waals surface area contributed by atoms with Gasteiger partial charge in [0.1, 0.15) is 5.75 Å². The lowest BCUT2D eigenvalue weighted by atomic mass is 10.1. The average Bonchev–Trinajstić information content (AvgIpc) is 2.85. The Hall–Kier alpha value is -3.51. The number of carbonyl (C=O) groups is 2. The molecule has 0 bridgehead atoms. The fourth-order valence-corrected chi connectivity index (χ4v) is 3.98. The summed E-state index contributed by atoms with van der Waals surface area (Å²) in [5.41, 5.74) is 3.02. The Labute approximate surface area is 205 Å². The molecule has 0 atom stereocenters. The number of halogens is 1. The van der Waals surface area contributed by atoms with Crippen LogP contribution in [0, 0.1) is 0 Å². The highest BCUT2D eigenvalue weighted by Gasteiger charge is 2.22. The lowest BCUT2D eigenvalue weighted by Gasteiger charge is -2.36. The van der Waals surface area contributed by atoms with E-state index in [0.717, 1.165) is 30.2 Å². The Morgan fingerprint density at radius 2 is 1.41 bits per heavy atom. The molecule has 34 heavy (non-hydrogen) atoms. The molecule has 3 aromatic carbocycles. The summed E-state index contributed by atoms with van der Waals surface area (Å²) >= 11 is 5.92. The number of benzene rings is 3. The van der Waals surface area contributed by atoms with E-state index < -0.39 is 0 Å². The number of hydrogen-bond donors (Lipinski definition) is 1. The van der Waals surface area contributed by atoms with Crippen molar-refractivity contribution in [3.8, 4) is 5.75 Å². The van der Waals surface area contributed by atoms with Crippen molar-refractivity contribution in [3.63, 3.8) is 0 Å². The zero-order valence-corrected chi connectivity index (χ0v) is 20.1. The van der Waals surface area contributed by atoms with Gasteiger partial charge >= 0.3 is 0 Å². The van der Waals surface area contributed by atoms with E-state index in [1.807, 2.05) is 43.0 Å². The molecule has 1 N–H and O–H groups in total. The minimum absolute atomic E-state index is 0.0261. The van der Waals surface area contributed by atoms with Gasteiger partial charge in [-0.1, -0.05) is 11.6 Å². The quantitative estimate of drug-likeness (QED) is 0.520. The second-order valence-corrected chi connectivity index (χ2v) is 8.91. The molecule has 0 spiro atoms. The maximum Gasteiger partial charge on any atom is 0.255 e. The maximum absolute atomic E-state index is 12.7. The minimum Gasteiger partial charge on any atom is -0.491 e. The Balaban J connectivity index is 1.30. The third kappa shape index (κ3) is 5.88. The number of nitrogens with zero attached hydrogens (tertiary/aromatic N) is 2. The van der Waals surface area contributed by atoms with Gasteiger partial charge in [0, 0.05) is 53.7 Å².